The molecule has 0 atom stereocenters. The van der Waals surface area contributed by atoms with Crippen LogP contribution in [0.1, 0.15) is 5.56 Å². The van der Waals surface area contributed by atoms with Gasteiger partial charge in [-0.1, -0.05) is 34.0 Å². The van der Waals surface area contributed by atoms with Crippen LogP contribution in [0.4, 0.5) is 0 Å². The third-order valence-electron chi connectivity index (χ3n) is 2.75. The Bertz CT molecular complexity index is 603. The Labute approximate surface area is 97.1 Å². The van der Waals surface area contributed by atoms with E-state index in [9.17, 15) is 0 Å². The van der Waals surface area contributed by atoms with E-state index in [1.54, 1.807) is 0 Å². The lowest BCUT2D eigenvalue weighted by atomic mass is 9.80. The summed E-state index contributed by atoms with van der Waals surface area (Å²) in [6.45, 7) is 0. The molecule has 70 valence electrons. The summed E-state index contributed by atoms with van der Waals surface area (Å²) in [6.07, 6.45) is 5.38. The number of hydrogen-bond acceptors (Lipinski definition) is 0. The van der Waals surface area contributed by atoms with Crippen molar-refractivity contribution in [1.82, 2.24) is 0 Å². The van der Waals surface area contributed by atoms with Gasteiger partial charge in [-0.05, 0) is 46.5 Å². The molecule has 0 N–H and O–H groups in total. The van der Waals surface area contributed by atoms with Gasteiger partial charge in [-0.25, -0.2) is 0 Å². The fourth-order valence-corrected chi connectivity index (χ4v) is 2.36. The normalized spacial score (nSPS) is 10.9. The smallest absolute Gasteiger partial charge is 0.0249 e. The van der Waals surface area contributed by atoms with Gasteiger partial charge in [0.1, 0.15) is 0 Å². The molecule has 2 aromatic rings. The molecule has 0 spiro atoms. The molecule has 0 aromatic heterocycles. The molecule has 0 amide bonds. The highest BCUT2D eigenvalue weighted by atomic mass is 79.9. The molecule has 0 saturated heterocycles. The second-order valence-electron chi connectivity index (χ2n) is 3.59. The monoisotopic (exact) mass is 254 g/mol. The van der Waals surface area contributed by atoms with E-state index in [0.29, 0.717) is 0 Å². The summed E-state index contributed by atoms with van der Waals surface area (Å²) in [5.74, 6) is 2.66. The molecular formula is C14H7Br. The molecule has 0 nitrogen and oxygen atoms in total. The van der Waals surface area contributed by atoms with Crippen molar-refractivity contribution in [2.24, 2.45) is 0 Å². The quantitative estimate of drug-likeness (QED) is 0.531. The number of fused-ring (bicyclic) bond motifs is 4. The maximum Gasteiger partial charge on any atom is 0.0249 e. The molecule has 1 aliphatic rings. The zero-order valence-electron chi connectivity index (χ0n) is 7.92. The van der Waals surface area contributed by atoms with Crippen molar-refractivity contribution in [3.63, 3.8) is 0 Å². The molecule has 0 radical (unpaired) electrons. The average molecular weight is 255 g/mol. The van der Waals surface area contributed by atoms with E-state index in [-0.39, 0.29) is 0 Å². The summed E-state index contributed by atoms with van der Waals surface area (Å²) in [5, 5.41) is 0. The minimum atomic E-state index is 0.944. The number of halogens is 1. The number of rotatable bonds is 0. The highest BCUT2D eigenvalue weighted by Crippen LogP contribution is 2.48. The molecule has 0 fully saturated rings. The zero-order chi connectivity index (χ0) is 10.4. The summed E-state index contributed by atoms with van der Waals surface area (Å²) < 4.78 is 1.11. The first-order valence-electron chi connectivity index (χ1n) is 4.70. The maximum absolute atomic E-state index is 5.38. The Hall–Kier alpha value is -1.52. The van der Waals surface area contributed by atoms with Crippen LogP contribution in [-0.2, 0) is 0 Å². The van der Waals surface area contributed by atoms with Gasteiger partial charge in [0.15, 0.2) is 0 Å². The van der Waals surface area contributed by atoms with Gasteiger partial charge in [-0.2, -0.15) is 0 Å². The zero-order valence-corrected chi connectivity index (χ0v) is 9.51. The van der Waals surface area contributed by atoms with E-state index >= 15 is 0 Å². The fraction of sp³-hybridized carbons (Fsp3) is 0. The topological polar surface area (TPSA) is 0 Å². The average Bonchev–Trinajstić information content (AvgIpc) is 2.26. The van der Waals surface area contributed by atoms with Crippen molar-refractivity contribution < 1.29 is 0 Å². The van der Waals surface area contributed by atoms with Crippen molar-refractivity contribution in [3.8, 4) is 34.6 Å². The Kier molecular flexibility index (Phi) is 1.74. The molecule has 0 unspecified atom stereocenters. The summed E-state index contributed by atoms with van der Waals surface area (Å²) in [5.41, 5.74) is 6.12. The number of hydrogen-bond donors (Lipinski definition) is 0. The molecule has 1 heteroatoms. The minimum Gasteiger partial charge on any atom is -0.115 e. The standard InChI is InChI=1S/C14H7Br/c1-2-9-3-5-11-12-6-4-10(15)8-14(12)13(11)7-9/h1,3-8H. The second-order valence-corrected chi connectivity index (χ2v) is 4.51. The number of terminal acetylenes is 1. The Morgan fingerprint density at radius 2 is 1.53 bits per heavy atom. The molecule has 1 aliphatic carbocycles. The molecule has 3 rings (SSSR count). The molecule has 0 heterocycles. The molecule has 2 aromatic carbocycles. The van der Waals surface area contributed by atoms with Crippen molar-refractivity contribution in [2.75, 3.05) is 0 Å². The van der Waals surface area contributed by atoms with Gasteiger partial charge in [0.25, 0.3) is 0 Å². The van der Waals surface area contributed by atoms with Gasteiger partial charge in [0.05, 0.1) is 0 Å². The largest absolute Gasteiger partial charge is 0.115 e. The van der Waals surface area contributed by atoms with Crippen LogP contribution in [-0.4, -0.2) is 0 Å². The van der Waals surface area contributed by atoms with E-state index in [1.807, 2.05) is 6.07 Å². The highest BCUT2D eigenvalue weighted by molar-refractivity contribution is 9.10. The third-order valence-corrected chi connectivity index (χ3v) is 3.24. The molecule has 0 saturated carbocycles. The number of benzene rings is 2. The van der Waals surface area contributed by atoms with Gasteiger partial charge in [0.2, 0.25) is 0 Å². The lowest BCUT2D eigenvalue weighted by Crippen LogP contribution is -1.98. The summed E-state index contributed by atoms with van der Waals surface area (Å²) >= 11 is 3.48. The van der Waals surface area contributed by atoms with Gasteiger partial charge < -0.3 is 0 Å². The fourth-order valence-electron chi connectivity index (χ4n) is 2.00. The first-order chi connectivity index (χ1) is 7.29. The maximum atomic E-state index is 5.38. The summed E-state index contributed by atoms with van der Waals surface area (Å²) in [4.78, 5) is 0. The van der Waals surface area contributed by atoms with Gasteiger partial charge in [0, 0.05) is 10.0 Å². The van der Waals surface area contributed by atoms with Crippen molar-refractivity contribution in [3.05, 3.63) is 46.4 Å². The minimum absolute atomic E-state index is 0.944. The van der Waals surface area contributed by atoms with Crippen molar-refractivity contribution in [2.45, 2.75) is 0 Å². The van der Waals surface area contributed by atoms with Gasteiger partial charge in [-0.3, -0.25) is 0 Å². The van der Waals surface area contributed by atoms with E-state index in [4.69, 9.17) is 6.42 Å². The van der Waals surface area contributed by atoms with E-state index in [2.05, 4.69) is 52.2 Å². The van der Waals surface area contributed by atoms with Gasteiger partial charge in [-0.15, -0.1) is 6.42 Å². The molecular weight excluding hydrogens is 248 g/mol. The lowest BCUT2D eigenvalue weighted by molar-refractivity contribution is 1.49. The Morgan fingerprint density at radius 3 is 2.27 bits per heavy atom. The van der Waals surface area contributed by atoms with E-state index < -0.39 is 0 Å². The predicted molar refractivity (Wildman–Crippen MR) is 66.5 cm³/mol. The molecule has 15 heavy (non-hydrogen) atoms. The van der Waals surface area contributed by atoms with Crippen molar-refractivity contribution in [1.29, 1.82) is 0 Å². The Morgan fingerprint density at radius 1 is 0.867 bits per heavy atom. The lowest BCUT2D eigenvalue weighted by Gasteiger charge is -2.24. The molecule has 0 bridgehead atoms. The predicted octanol–water partition coefficient (Wildman–Crippen LogP) is 4.08. The van der Waals surface area contributed by atoms with Crippen LogP contribution in [0.15, 0.2) is 40.9 Å². The van der Waals surface area contributed by atoms with Crippen LogP contribution >= 0.6 is 15.9 Å². The third kappa shape index (κ3) is 1.15. The Balaban J connectivity index is 2.23. The molecule has 0 aliphatic heterocycles. The van der Waals surface area contributed by atoms with Crippen molar-refractivity contribution >= 4 is 15.9 Å². The van der Waals surface area contributed by atoms with E-state index in [0.717, 1.165) is 10.0 Å². The summed E-state index contributed by atoms with van der Waals surface area (Å²) in [6, 6.07) is 12.5. The SMILES string of the molecule is C#Cc1ccc2c(c1)-c1cc(Br)ccc1-2. The van der Waals surface area contributed by atoms with E-state index in [1.165, 1.54) is 22.3 Å². The first kappa shape index (κ1) is 8.76. The first-order valence-corrected chi connectivity index (χ1v) is 5.50. The highest BCUT2D eigenvalue weighted by Gasteiger charge is 2.21. The van der Waals surface area contributed by atoms with Crippen LogP contribution in [0.25, 0.3) is 22.3 Å². The van der Waals surface area contributed by atoms with Crippen LogP contribution in [0.3, 0.4) is 0 Å². The summed E-state index contributed by atoms with van der Waals surface area (Å²) in [7, 11) is 0. The van der Waals surface area contributed by atoms with Crippen LogP contribution < -0.4 is 0 Å². The second kappa shape index (κ2) is 2.98. The van der Waals surface area contributed by atoms with Crippen LogP contribution in [0.2, 0.25) is 0 Å². The van der Waals surface area contributed by atoms with Crippen LogP contribution in [0.5, 0.6) is 0 Å². The van der Waals surface area contributed by atoms with Gasteiger partial charge >= 0.3 is 0 Å². The van der Waals surface area contributed by atoms with Crippen LogP contribution in [0, 0.1) is 12.3 Å².